The number of rotatable bonds is 8. The number of hydrogen-bond donors (Lipinski definition) is 2. The Morgan fingerprint density at radius 1 is 1.10 bits per heavy atom. The van der Waals surface area contributed by atoms with Gasteiger partial charge in [-0.1, -0.05) is 0 Å². The molecule has 0 bridgehead atoms. The molecule has 2 saturated heterocycles. The van der Waals surface area contributed by atoms with Gasteiger partial charge in [-0.2, -0.15) is 0 Å². The van der Waals surface area contributed by atoms with Crippen LogP contribution >= 0.6 is 24.0 Å². The molecule has 2 fully saturated rings. The smallest absolute Gasteiger partial charge is 0.191 e. The van der Waals surface area contributed by atoms with Gasteiger partial charge >= 0.3 is 0 Å². The highest BCUT2D eigenvalue weighted by Gasteiger charge is 2.20. The topological polar surface area (TPSA) is 74.9 Å². The summed E-state index contributed by atoms with van der Waals surface area (Å²) in [6.45, 7) is 6.46. The van der Waals surface area contributed by atoms with Gasteiger partial charge in [0.2, 0.25) is 0 Å². The summed E-state index contributed by atoms with van der Waals surface area (Å²) >= 11 is 0. The second-order valence-electron chi connectivity index (χ2n) is 8.19. The van der Waals surface area contributed by atoms with Crippen molar-refractivity contribution in [2.24, 2.45) is 16.8 Å². The van der Waals surface area contributed by atoms with Gasteiger partial charge in [0.1, 0.15) is 5.76 Å². The van der Waals surface area contributed by atoms with E-state index in [1.165, 1.54) is 18.5 Å². The Balaban J connectivity index is 0.00000272. The van der Waals surface area contributed by atoms with E-state index in [9.17, 15) is 0 Å². The van der Waals surface area contributed by atoms with Gasteiger partial charge in [-0.05, 0) is 49.4 Å². The predicted molar refractivity (Wildman–Crippen MR) is 134 cm³/mol. The van der Waals surface area contributed by atoms with Crippen molar-refractivity contribution in [1.29, 1.82) is 0 Å². The molecule has 4 rings (SSSR count). The van der Waals surface area contributed by atoms with Crippen LogP contribution in [0.5, 0.6) is 0 Å². The molecule has 0 saturated carbocycles. The first-order valence-corrected chi connectivity index (χ1v) is 11.1. The maximum atomic E-state index is 5.49. The average Bonchev–Trinajstić information content (AvgIpc) is 3.51. The van der Waals surface area contributed by atoms with Crippen molar-refractivity contribution in [2.45, 2.75) is 25.7 Å². The van der Waals surface area contributed by atoms with Crippen LogP contribution in [0.3, 0.4) is 0 Å². The summed E-state index contributed by atoms with van der Waals surface area (Å²) in [5, 5.41) is 7.06. The number of ether oxygens (including phenoxy) is 1. The Hall–Kier alpha value is -1.81. The SMILES string of the molecule is I.c1coc(CCNC(=NCC2CCOC2)NCC2CCN(c3ccncc3)CC2)c1. The van der Waals surface area contributed by atoms with E-state index >= 15 is 0 Å². The third kappa shape index (κ3) is 7.68. The third-order valence-electron chi connectivity index (χ3n) is 5.98. The summed E-state index contributed by atoms with van der Waals surface area (Å²) < 4.78 is 10.9. The summed E-state index contributed by atoms with van der Waals surface area (Å²) in [6, 6.07) is 8.14. The first kappa shape index (κ1) is 23.8. The molecule has 0 spiro atoms. The second-order valence-corrected chi connectivity index (χ2v) is 8.19. The van der Waals surface area contributed by atoms with Crippen molar-refractivity contribution < 1.29 is 9.15 Å². The second kappa shape index (κ2) is 12.9. The number of halogens is 1. The van der Waals surface area contributed by atoms with E-state index in [0.717, 1.165) is 70.5 Å². The van der Waals surface area contributed by atoms with E-state index in [-0.39, 0.29) is 24.0 Å². The molecule has 1 atom stereocenters. The molecule has 0 amide bonds. The first-order chi connectivity index (χ1) is 14.9. The minimum Gasteiger partial charge on any atom is -0.469 e. The molecule has 2 aromatic rings. The Morgan fingerprint density at radius 2 is 1.94 bits per heavy atom. The molecule has 2 aliphatic heterocycles. The van der Waals surface area contributed by atoms with Gasteiger partial charge in [-0.25, -0.2) is 0 Å². The van der Waals surface area contributed by atoms with Crippen LogP contribution in [0.1, 0.15) is 25.0 Å². The van der Waals surface area contributed by atoms with E-state index in [1.54, 1.807) is 6.26 Å². The molecular weight excluding hydrogens is 505 g/mol. The summed E-state index contributed by atoms with van der Waals surface area (Å²) in [5.74, 6) is 3.10. The van der Waals surface area contributed by atoms with Crippen molar-refractivity contribution in [2.75, 3.05) is 50.8 Å². The molecule has 1 unspecified atom stereocenters. The fourth-order valence-electron chi connectivity index (χ4n) is 4.07. The van der Waals surface area contributed by atoms with Gasteiger partial charge in [-0.3, -0.25) is 9.98 Å². The number of aliphatic imine (C=N–C) groups is 1. The van der Waals surface area contributed by atoms with E-state index in [1.807, 2.05) is 24.5 Å². The molecule has 0 radical (unpaired) electrons. The molecule has 2 N–H and O–H groups in total. The molecule has 7 nitrogen and oxygen atoms in total. The minimum atomic E-state index is 0. The lowest BCUT2D eigenvalue weighted by Crippen LogP contribution is -2.43. The van der Waals surface area contributed by atoms with E-state index in [0.29, 0.717) is 11.8 Å². The number of piperidine rings is 1. The van der Waals surface area contributed by atoms with Crippen LogP contribution in [-0.4, -0.2) is 56.9 Å². The standard InChI is InChI=1S/C23H33N5O2.HI/c1-2-22(30-14-1)5-11-25-23(27-17-20-8-15-29-18-20)26-16-19-6-12-28(13-7-19)21-3-9-24-10-4-21;/h1-4,9-10,14,19-20H,5-8,11-13,15-18H2,(H2,25,26,27);1H. The number of nitrogens with zero attached hydrogens (tertiary/aromatic N) is 3. The zero-order valence-corrected chi connectivity index (χ0v) is 20.4. The van der Waals surface area contributed by atoms with Crippen molar-refractivity contribution >= 4 is 35.6 Å². The van der Waals surface area contributed by atoms with Crippen LogP contribution in [-0.2, 0) is 11.2 Å². The monoisotopic (exact) mass is 539 g/mol. The van der Waals surface area contributed by atoms with Gasteiger partial charge in [0.15, 0.2) is 5.96 Å². The van der Waals surface area contributed by atoms with Gasteiger partial charge in [0.05, 0.1) is 12.9 Å². The zero-order valence-electron chi connectivity index (χ0n) is 18.0. The van der Waals surface area contributed by atoms with Crippen LogP contribution < -0.4 is 15.5 Å². The van der Waals surface area contributed by atoms with Crippen molar-refractivity contribution in [3.05, 3.63) is 48.7 Å². The van der Waals surface area contributed by atoms with Crippen LogP contribution in [0.25, 0.3) is 0 Å². The quantitative estimate of drug-likeness (QED) is 0.305. The predicted octanol–water partition coefficient (Wildman–Crippen LogP) is 3.32. The number of nitrogens with one attached hydrogen (secondary N) is 2. The summed E-state index contributed by atoms with van der Waals surface area (Å²) in [6.07, 6.45) is 9.80. The molecule has 0 aliphatic carbocycles. The molecule has 170 valence electrons. The Bertz CT molecular complexity index is 758. The highest BCUT2D eigenvalue weighted by atomic mass is 127. The van der Waals surface area contributed by atoms with Gasteiger partial charge < -0.3 is 24.7 Å². The number of aromatic nitrogens is 1. The van der Waals surface area contributed by atoms with Gasteiger partial charge in [0.25, 0.3) is 0 Å². The number of furan rings is 1. The van der Waals surface area contributed by atoms with Crippen molar-refractivity contribution in [1.82, 2.24) is 15.6 Å². The number of hydrogen-bond acceptors (Lipinski definition) is 5. The molecule has 0 aromatic carbocycles. The van der Waals surface area contributed by atoms with Gasteiger partial charge in [-0.15, -0.1) is 24.0 Å². The zero-order chi connectivity index (χ0) is 20.4. The molecular formula is C23H34IN5O2. The number of anilines is 1. The molecule has 4 heterocycles. The Morgan fingerprint density at radius 3 is 2.65 bits per heavy atom. The van der Waals surface area contributed by atoms with E-state index in [4.69, 9.17) is 14.1 Å². The van der Waals surface area contributed by atoms with E-state index in [2.05, 4.69) is 32.7 Å². The van der Waals surface area contributed by atoms with Crippen molar-refractivity contribution in [3.8, 4) is 0 Å². The largest absolute Gasteiger partial charge is 0.469 e. The maximum absolute atomic E-state index is 5.49. The van der Waals surface area contributed by atoms with Crippen LogP contribution in [0.15, 0.2) is 52.3 Å². The summed E-state index contributed by atoms with van der Waals surface area (Å²) in [4.78, 5) is 11.4. The highest BCUT2D eigenvalue weighted by Crippen LogP contribution is 2.22. The highest BCUT2D eigenvalue weighted by molar-refractivity contribution is 14.0. The fourth-order valence-corrected chi connectivity index (χ4v) is 4.07. The van der Waals surface area contributed by atoms with Crippen LogP contribution in [0.4, 0.5) is 5.69 Å². The lowest BCUT2D eigenvalue weighted by Gasteiger charge is -2.33. The maximum Gasteiger partial charge on any atom is 0.191 e. The summed E-state index contributed by atoms with van der Waals surface area (Å²) in [7, 11) is 0. The average molecular weight is 539 g/mol. The molecule has 8 heteroatoms. The normalized spacial score (nSPS) is 19.8. The van der Waals surface area contributed by atoms with Crippen LogP contribution in [0, 0.1) is 11.8 Å². The Labute approximate surface area is 202 Å². The number of guanidine groups is 1. The Kier molecular flexibility index (Phi) is 9.92. The molecule has 31 heavy (non-hydrogen) atoms. The fraction of sp³-hybridized carbons (Fsp3) is 0.565. The van der Waals surface area contributed by atoms with Crippen molar-refractivity contribution in [3.63, 3.8) is 0 Å². The third-order valence-corrected chi connectivity index (χ3v) is 5.98. The lowest BCUT2D eigenvalue weighted by molar-refractivity contribution is 0.187. The minimum absolute atomic E-state index is 0. The molecule has 2 aliphatic rings. The lowest BCUT2D eigenvalue weighted by atomic mass is 9.96. The van der Waals surface area contributed by atoms with Crippen LogP contribution in [0.2, 0.25) is 0 Å². The first-order valence-electron chi connectivity index (χ1n) is 11.1. The number of pyridine rings is 1. The summed E-state index contributed by atoms with van der Waals surface area (Å²) in [5.41, 5.74) is 1.28. The van der Waals surface area contributed by atoms with Gasteiger partial charge in [0, 0.05) is 69.8 Å². The van der Waals surface area contributed by atoms with E-state index < -0.39 is 0 Å². The molecule has 2 aromatic heterocycles.